The van der Waals surface area contributed by atoms with Gasteiger partial charge in [-0.05, 0) is 0 Å². The van der Waals surface area contributed by atoms with Crippen LogP contribution in [0.5, 0.6) is 11.5 Å². The number of hydrogen-bond acceptors (Lipinski definition) is 7. The first-order valence-electron chi connectivity index (χ1n) is 13.3. The van der Waals surface area contributed by atoms with Crippen LogP contribution in [-0.2, 0) is 23.7 Å². The van der Waals surface area contributed by atoms with Crippen molar-refractivity contribution in [1.82, 2.24) is 0 Å². The number of aliphatic carboxylic acids is 2. The number of carboxylic acid groups (broad SMARTS) is 2. The molecule has 1 rings (SSSR count). The van der Waals surface area contributed by atoms with Gasteiger partial charge in [-0.15, -0.1) is 0 Å². The predicted molar refractivity (Wildman–Crippen MR) is 147 cm³/mol. The molecule has 0 aliphatic carbocycles. The molecule has 214 valence electrons. The third-order valence-corrected chi connectivity index (χ3v) is 15.6. The van der Waals surface area contributed by atoms with Crippen LogP contribution in [0.15, 0.2) is 23.1 Å². The van der Waals surface area contributed by atoms with Crippen molar-refractivity contribution >= 4 is 28.9 Å². The number of hydrogen-bond donors (Lipinski definition) is 2. The fourth-order valence-corrected chi connectivity index (χ4v) is 14.6. The van der Waals surface area contributed by atoms with Crippen LogP contribution < -0.4 is 9.47 Å². The third-order valence-electron chi connectivity index (χ3n) is 6.48. The molecule has 0 saturated heterocycles. The molecule has 11 heteroatoms. The van der Waals surface area contributed by atoms with Crippen LogP contribution in [-0.4, -0.2) is 68.4 Å². The number of carboxylic acids is 2. The van der Waals surface area contributed by atoms with E-state index in [2.05, 4.69) is 27.7 Å². The van der Waals surface area contributed by atoms with Gasteiger partial charge in [0, 0.05) is 0 Å². The van der Waals surface area contributed by atoms with Gasteiger partial charge < -0.3 is 0 Å². The van der Waals surface area contributed by atoms with Gasteiger partial charge in [0.25, 0.3) is 0 Å². The van der Waals surface area contributed by atoms with E-state index in [1.165, 1.54) is 18.2 Å². The summed E-state index contributed by atoms with van der Waals surface area (Å²) >= 11 is 0. The first-order chi connectivity index (χ1) is 17.4. The zero-order valence-corrected chi connectivity index (χ0v) is 24.5. The van der Waals surface area contributed by atoms with Crippen LogP contribution in [0.2, 0.25) is 0 Å². The summed E-state index contributed by atoms with van der Waals surface area (Å²) in [6.45, 7) is 3.76. The van der Waals surface area contributed by atoms with Gasteiger partial charge in [-0.25, -0.2) is 0 Å². The molecule has 0 aromatic heterocycles. The van der Waals surface area contributed by atoms with E-state index in [1.54, 1.807) is 0 Å². The van der Waals surface area contributed by atoms with Crippen molar-refractivity contribution in [3.63, 3.8) is 0 Å². The van der Waals surface area contributed by atoms with Gasteiger partial charge in [0.1, 0.15) is 0 Å². The van der Waals surface area contributed by atoms with Crippen LogP contribution >= 0.6 is 6.83 Å². The average Bonchev–Trinajstić information content (AvgIpc) is 2.86. The summed E-state index contributed by atoms with van der Waals surface area (Å²) in [5, 5.41) is 18.0. The number of benzene rings is 1. The van der Waals surface area contributed by atoms with Crippen LogP contribution in [0.25, 0.3) is 0 Å². The van der Waals surface area contributed by atoms with E-state index in [1.807, 2.05) is 0 Å². The molecule has 0 fully saturated rings. The molecule has 0 bridgehead atoms. The second-order valence-electron chi connectivity index (χ2n) is 9.70. The van der Waals surface area contributed by atoms with Gasteiger partial charge in [0.05, 0.1) is 0 Å². The fraction of sp³-hybridized carbons (Fsp3) is 0.692. The molecule has 0 aliphatic heterocycles. The Kier molecular flexibility index (Phi) is 13.9. The molecule has 9 nitrogen and oxygen atoms in total. The molecule has 0 saturated carbocycles. The van der Waals surface area contributed by atoms with Gasteiger partial charge in [-0.3, -0.25) is 0 Å². The van der Waals surface area contributed by atoms with E-state index in [4.69, 9.17) is 23.7 Å². The molecule has 0 heterocycles. The molecular weight excluding hydrogens is 519 g/mol. The third kappa shape index (κ3) is 10.8. The van der Waals surface area contributed by atoms with Gasteiger partial charge in [0.15, 0.2) is 0 Å². The van der Waals surface area contributed by atoms with Gasteiger partial charge >= 0.3 is 222 Å². The monoisotopic (exact) mass is 564 g/mol. The molecule has 1 aromatic rings. The van der Waals surface area contributed by atoms with E-state index in [9.17, 15) is 18.0 Å². The summed E-state index contributed by atoms with van der Waals surface area (Å²) in [5.41, 5.74) is 0. The van der Waals surface area contributed by atoms with Crippen molar-refractivity contribution in [3.05, 3.63) is 18.2 Å². The minimum atomic E-state index is -4.32. The van der Waals surface area contributed by atoms with Crippen molar-refractivity contribution < 1.29 is 41.7 Å². The number of rotatable bonds is 21. The Bertz CT molecular complexity index is 898. The summed E-state index contributed by atoms with van der Waals surface area (Å²) in [4.78, 5) is 21.8. The summed E-state index contributed by atoms with van der Waals surface area (Å²) in [5.74, 6) is -2.59. The van der Waals surface area contributed by atoms with E-state index in [-0.39, 0.29) is 16.4 Å². The molecule has 1 aromatic carbocycles. The number of ether oxygens (including phenoxy) is 2. The van der Waals surface area contributed by atoms with Crippen LogP contribution in [0.4, 0.5) is 0 Å². The SMILES string of the molecule is CCCCP(CCCC)(CCCC)(CCCC)OS(=O)(=O)c1cc(OCC(=O)O)cc(OCC(=O)O)c1. The second kappa shape index (κ2) is 15.5. The first-order valence-corrected chi connectivity index (χ1v) is 17.6. The minimum absolute atomic E-state index is 0.0583. The van der Waals surface area contributed by atoms with Gasteiger partial charge in [0.2, 0.25) is 0 Å². The Hall–Kier alpha value is -1.90. The molecule has 37 heavy (non-hydrogen) atoms. The molecule has 2 N–H and O–H groups in total. The molecule has 0 atom stereocenters. The summed E-state index contributed by atoms with van der Waals surface area (Å²) in [6, 6.07) is 3.71. The predicted octanol–water partition coefficient (Wildman–Crippen LogP) is 5.99. The van der Waals surface area contributed by atoms with Crippen molar-refractivity contribution in [3.8, 4) is 11.5 Å². The van der Waals surface area contributed by atoms with Gasteiger partial charge in [-0.1, -0.05) is 0 Å². The quantitative estimate of drug-likeness (QED) is 0.173. The zero-order chi connectivity index (χ0) is 28.0. The maximum atomic E-state index is 14.0. The molecule has 0 aliphatic rings. The maximum absolute atomic E-state index is 14.0. The van der Waals surface area contributed by atoms with E-state index >= 15 is 0 Å². The Balaban J connectivity index is 3.67. The Morgan fingerprint density at radius 1 is 0.703 bits per heavy atom. The number of unbranched alkanes of at least 4 members (excludes halogenated alkanes) is 4. The van der Waals surface area contributed by atoms with Gasteiger partial charge in [-0.2, -0.15) is 0 Å². The summed E-state index contributed by atoms with van der Waals surface area (Å²) in [6.07, 6.45) is 10.1. The topological polar surface area (TPSA) is 136 Å². The standard InChI is InChI=1S/C26H45O9PS/c1-5-9-13-36(14-10-6-2,15-11-7-3,16-12-8-4)35-37(31,32)24-18-22(33-20-25(27)28)17-23(19-24)34-21-26(29)30/h17-19H,5-16,20-21H2,1-4H3,(H,27,28)(H,29,30). The van der Waals surface area contributed by atoms with Crippen LogP contribution in [0.1, 0.15) is 79.1 Å². The van der Waals surface area contributed by atoms with Crippen molar-refractivity contribution in [2.24, 2.45) is 0 Å². The van der Waals surface area contributed by atoms with Crippen LogP contribution in [0.3, 0.4) is 0 Å². The van der Waals surface area contributed by atoms with Crippen molar-refractivity contribution in [2.75, 3.05) is 37.9 Å². The van der Waals surface area contributed by atoms with E-state index < -0.39 is 42.1 Å². The molecule has 0 unspecified atom stereocenters. The Morgan fingerprint density at radius 3 is 1.35 bits per heavy atom. The van der Waals surface area contributed by atoms with E-state index in [0.717, 1.165) is 76.0 Å². The first kappa shape index (κ1) is 33.1. The normalized spacial score (nSPS) is 13.0. The van der Waals surface area contributed by atoms with Crippen molar-refractivity contribution in [1.29, 1.82) is 0 Å². The second-order valence-corrected chi connectivity index (χ2v) is 17.2. The van der Waals surface area contributed by atoms with Crippen LogP contribution in [0, 0.1) is 0 Å². The number of carbonyl (C=O) groups is 2. The van der Waals surface area contributed by atoms with E-state index in [0.29, 0.717) is 0 Å². The van der Waals surface area contributed by atoms with Crippen molar-refractivity contribution in [2.45, 2.75) is 84.0 Å². The molecule has 0 radical (unpaired) electrons. The zero-order valence-electron chi connectivity index (χ0n) is 22.7. The summed E-state index contributed by atoms with van der Waals surface area (Å²) in [7, 11) is -4.32. The molecule has 0 amide bonds. The summed E-state index contributed by atoms with van der Waals surface area (Å²) < 4.78 is 44.9. The Morgan fingerprint density at radius 2 is 1.05 bits per heavy atom. The molecule has 0 spiro atoms. The fourth-order valence-electron chi connectivity index (χ4n) is 4.52. The Labute approximate surface area is 222 Å². The average molecular weight is 565 g/mol. The molecular formula is C26H45O9PS.